The number of rotatable bonds is 6. The highest BCUT2D eigenvalue weighted by molar-refractivity contribution is 8.00. The van der Waals surface area contributed by atoms with Crippen molar-refractivity contribution in [3.63, 3.8) is 0 Å². The highest BCUT2D eigenvalue weighted by Crippen LogP contribution is 2.30. The van der Waals surface area contributed by atoms with Gasteiger partial charge >= 0.3 is 0 Å². The number of hydrogen-bond donors (Lipinski definition) is 2. The number of hydrogen-bond acceptors (Lipinski definition) is 5. The summed E-state index contributed by atoms with van der Waals surface area (Å²) in [5, 5.41) is 14.2. The lowest BCUT2D eigenvalue weighted by Gasteiger charge is -2.06. The number of nitrogens with two attached hydrogens (primary N) is 1. The van der Waals surface area contributed by atoms with Crippen LogP contribution in [0.3, 0.4) is 0 Å². The normalized spacial score (nSPS) is 10.2. The molecule has 24 heavy (non-hydrogen) atoms. The summed E-state index contributed by atoms with van der Waals surface area (Å²) in [6.07, 6.45) is 0. The van der Waals surface area contributed by atoms with Gasteiger partial charge in [0.15, 0.2) is 0 Å². The third-order valence-electron chi connectivity index (χ3n) is 2.91. The second-order valence-electron chi connectivity index (χ2n) is 4.65. The Balaban J connectivity index is 2.07. The van der Waals surface area contributed by atoms with Crippen molar-refractivity contribution in [1.82, 2.24) is 0 Å². The van der Waals surface area contributed by atoms with E-state index >= 15 is 0 Å². The van der Waals surface area contributed by atoms with Gasteiger partial charge < -0.3 is 11.1 Å². The number of nitro benzene ring substituents is 1. The Kier molecular flexibility index (Phi) is 5.78. The van der Waals surface area contributed by atoms with Gasteiger partial charge in [-0.05, 0) is 30.3 Å². The predicted octanol–water partition coefficient (Wildman–Crippen LogP) is 3.08. The van der Waals surface area contributed by atoms with Crippen molar-refractivity contribution in [2.24, 2.45) is 5.73 Å². The van der Waals surface area contributed by atoms with Gasteiger partial charge in [0, 0.05) is 22.3 Å². The maximum Gasteiger partial charge on any atom is 0.283 e. The maximum absolute atomic E-state index is 11.9. The molecule has 0 spiro atoms. The molecule has 0 saturated carbocycles. The van der Waals surface area contributed by atoms with Gasteiger partial charge in [-0.2, -0.15) is 0 Å². The molecule has 0 bridgehead atoms. The van der Waals surface area contributed by atoms with E-state index < -0.39 is 10.8 Å². The van der Waals surface area contributed by atoms with Crippen molar-refractivity contribution in [2.45, 2.75) is 4.90 Å². The van der Waals surface area contributed by atoms with E-state index in [4.69, 9.17) is 17.3 Å². The number of nitro groups is 1. The Bertz CT molecular complexity index is 813. The summed E-state index contributed by atoms with van der Waals surface area (Å²) in [4.78, 5) is 33.8. The summed E-state index contributed by atoms with van der Waals surface area (Å²) in [5.41, 5.74) is 5.41. The maximum atomic E-state index is 11.9. The smallest absolute Gasteiger partial charge is 0.283 e. The van der Waals surface area contributed by atoms with Gasteiger partial charge in [0.1, 0.15) is 0 Å². The summed E-state index contributed by atoms with van der Waals surface area (Å²) in [7, 11) is 0. The van der Waals surface area contributed by atoms with Crippen molar-refractivity contribution in [2.75, 3.05) is 11.1 Å². The molecule has 0 aliphatic carbocycles. The van der Waals surface area contributed by atoms with Crippen LogP contribution in [0.5, 0.6) is 0 Å². The van der Waals surface area contributed by atoms with E-state index in [0.717, 1.165) is 17.8 Å². The number of thioether (sulfide) groups is 1. The molecule has 0 radical (unpaired) electrons. The second-order valence-corrected chi connectivity index (χ2v) is 6.10. The third kappa shape index (κ3) is 4.71. The lowest BCUT2D eigenvalue weighted by molar-refractivity contribution is -0.387. The zero-order chi connectivity index (χ0) is 17.7. The lowest BCUT2D eigenvalue weighted by Crippen LogP contribution is -2.14. The quantitative estimate of drug-likeness (QED) is 0.463. The number of benzene rings is 2. The zero-order valence-corrected chi connectivity index (χ0v) is 13.8. The number of anilines is 1. The fourth-order valence-electron chi connectivity index (χ4n) is 1.84. The Labute approximate surface area is 146 Å². The number of carbonyl (C=O) groups is 2. The predicted molar refractivity (Wildman–Crippen MR) is 92.4 cm³/mol. The van der Waals surface area contributed by atoms with Crippen LogP contribution in [0, 0.1) is 10.1 Å². The summed E-state index contributed by atoms with van der Waals surface area (Å²) in [5.74, 6) is -1.13. The average Bonchev–Trinajstić information content (AvgIpc) is 2.52. The summed E-state index contributed by atoms with van der Waals surface area (Å²) < 4.78 is 0. The minimum atomic E-state index is -0.756. The van der Waals surface area contributed by atoms with Crippen LogP contribution in [0.2, 0.25) is 5.02 Å². The summed E-state index contributed by atoms with van der Waals surface area (Å²) in [6.45, 7) is 0. The van der Waals surface area contributed by atoms with Crippen LogP contribution >= 0.6 is 23.4 Å². The molecule has 0 aliphatic rings. The van der Waals surface area contributed by atoms with Crippen LogP contribution < -0.4 is 11.1 Å². The minimum absolute atomic E-state index is 0.0365. The molecule has 0 saturated heterocycles. The molecule has 3 N–H and O–H groups in total. The van der Waals surface area contributed by atoms with E-state index in [0.29, 0.717) is 10.7 Å². The van der Waals surface area contributed by atoms with E-state index in [2.05, 4.69) is 5.32 Å². The number of nitrogens with zero attached hydrogens (tertiary/aromatic N) is 1. The van der Waals surface area contributed by atoms with Gasteiger partial charge in [0.2, 0.25) is 11.8 Å². The Morgan fingerprint density at radius 3 is 2.62 bits per heavy atom. The molecule has 7 nitrogen and oxygen atoms in total. The molecule has 0 atom stereocenters. The first kappa shape index (κ1) is 17.8. The van der Waals surface area contributed by atoms with Crippen LogP contribution in [-0.4, -0.2) is 22.5 Å². The number of primary amides is 1. The van der Waals surface area contributed by atoms with Gasteiger partial charge in [0.05, 0.1) is 15.6 Å². The van der Waals surface area contributed by atoms with Crippen LogP contribution in [0.15, 0.2) is 47.4 Å². The molecule has 2 amide bonds. The topological polar surface area (TPSA) is 115 Å². The first-order chi connectivity index (χ1) is 11.4. The van der Waals surface area contributed by atoms with Crippen molar-refractivity contribution in [1.29, 1.82) is 0 Å². The van der Waals surface area contributed by atoms with E-state index in [1.54, 1.807) is 24.3 Å². The second kappa shape index (κ2) is 7.80. The van der Waals surface area contributed by atoms with Gasteiger partial charge in [0.25, 0.3) is 5.69 Å². The van der Waals surface area contributed by atoms with Crippen LogP contribution in [0.4, 0.5) is 11.4 Å². The molecule has 9 heteroatoms. The lowest BCUT2D eigenvalue weighted by atomic mass is 10.2. The number of nitrogens with one attached hydrogen (secondary N) is 1. The molecule has 2 aromatic carbocycles. The molecule has 2 rings (SSSR count). The molecule has 0 aromatic heterocycles. The Hall–Kier alpha value is -2.58. The van der Waals surface area contributed by atoms with E-state index in [1.807, 2.05) is 0 Å². The van der Waals surface area contributed by atoms with Crippen molar-refractivity contribution >= 4 is 46.6 Å². The van der Waals surface area contributed by atoms with Crippen molar-refractivity contribution in [3.05, 3.63) is 63.2 Å². The molecular weight excluding hydrogens is 354 g/mol. The van der Waals surface area contributed by atoms with Gasteiger partial charge in [-0.15, -0.1) is 11.8 Å². The fraction of sp³-hybridized carbons (Fsp3) is 0.0667. The van der Waals surface area contributed by atoms with Gasteiger partial charge in [-0.25, -0.2) is 0 Å². The number of carbonyl (C=O) groups excluding carboxylic acids is 2. The van der Waals surface area contributed by atoms with Crippen molar-refractivity contribution in [3.8, 4) is 0 Å². The van der Waals surface area contributed by atoms with E-state index in [1.165, 1.54) is 12.1 Å². The molecule has 0 aliphatic heterocycles. The van der Waals surface area contributed by atoms with E-state index in [-0.39, 0.29) is 27.8 Å². The molecule has 2 aromatic rings. The van der Waals surface area contributed by atoms with Gasteiger partial charge in [-0.1, -0.05) is 17.7 Å². The SMILES string of the molecule is NC(=O)c1ccc(SCC(=O)Nc2cccc(Cl)c2)c([N+](=O)[O-])c1. The Morgan fingerprint density at radius 1 is 1.25 bits per heavy atom. The summed E-state index contributed by atoms with van der Waals surface area (Å²) >= 11 is 6.82. The van der Waals surface area contributed by atoms with E-state index in [9.17, 15) is 19.7 Å². The highest BCUT2D eigenvalue weighted by atomic mass is 35.5. The van der Waals surface area contributed by atoms with Crippen LogP contribution in [0.1, 0.15) is 10.4 Å². The van der Waals surface area contributed by atoms with Crippen molar-refractivity contribution < 1.29 is 14.5 Å². The van der Waals surface area contributed by atoms with Gasteiger partial charge in [-0.3, -0.25) is 19.7 Å². The Morgan fingerprint density at radius 2 is 2.00 bits per heavy atom. The largest absolute Gasteiger partial charge is 0.366 e. The molecule has 0 fully saturated rings. The monoisotopic (exact) mass is 365 g/mol. The first-order valence-corrected chi connectivity index (χ1v) is 7.99. The summed E-state index contributed by atoms with van der Waals surface area (Å²) in [6, 6.07) is 10.5. The molecule has 0 unspecified atom stereocenters. The highest BCUT2D eigenvalue weighted by Gasteiger charge is 2.18. The number of halogens is 1. The van der Waals surface area contributed by atoms with Crippen LogP contribution in [-0.2, 0) is 4.79 Å². The molecular formula is C15H12ClN3O4S. The minimum Gasteiger partial charge on any atom is -0.366 e. The number of amides is 2. The molecule has 0 heterocycles. The third-order valence-corrected chi connectivity index (χ3v) is 4.21. The average molecular weight is 366 g/mol. The fourth-order valence-corrected chi connectivity index (χ4v) is 2.84. The first-order valence-electron chi connectivity index (χ1n) is 6.63. The molecule has 124 valence electrons. The standard InChI is InChI=1S/C15H12ClN3O4S/c16-10-2-1-3-11(7-10)18-14(20)8-24-13-5-4-9(15(17)21)6-12(13)19(22)23/h1-7H,8H2,(H2,17,21)(H,18,20). The van der Waals surface area contributed by atoms with Crippen LogP contribution in [0.25, 0.3) is 0 Å². The zero-order valence-electron chi connectivity index (χ0n) is 12.2.